The maximum absolute atomic E-state index is 12.8. The van der Waals surface area contributed by atoms with Crippen LogP contribution in [0.15, 0.2) is 33.5 Å². The summed E-state index contributed by atoms with van der Waals surface area (Å²) in [5.74, 6) is -1.37. The Bertz CT molecular complexity index is 1050. The molecule has 0 fully saturated rings. The molecule has 8 heteroatoms. The number of ether oxygens (including phenoxy) is 3. The van der Waals surface area contributed by atoms with Crippen molar-refractivity contribution in [1.29, 1.82) is 0 Å². The molecule has 26 heavy (non-hydrogen) atoms. The van der Waals surface area contributed by atoms with Gasteiger partial charge in [0.05, 0.1) is 26.7 Å². The average molecular weight is 360 g/mol. The number of aromatic hydroxyl groups is 3. The van der Waals surface area contributed by atoms with E-state index in [4.69, 9.17) is 18.6 Å². The fraction of sp³-hybridized carbons (Fsp3) is 0.167. The van der Waals surface area contributed by atoms with Gasteiger partial charge in [0.25, 0.3) is 0 Å². The molecule has 0 atom stereocenters. The van der Waals surface area contributed by atoms with Gasteiger partial charge in [-0.15, -0.1) is 0 Å². The zero-order chi connectivity index (χ0) is 19.0. The van der Waals surface area contributed by atoms with E-state index in [0.717, 1.165) is 0 Å². The van der Waals surface area contributed by atoms with Gasteiger partial charge in [-0.05, 0) is 24.3 Å². The number of benzene rings is 2. The summed E-state index contributed by atoms with van der Waals surface area (Å²) in [6.45, 7) is 0. The van der Waals surface area contributed by atoms with E-state index in [1.165, 1.54) is 39.5 Å². The van der Waals surface area contributed by atoms with Gasteiger partial charge in [0.15, 0.2) is 28.6 Å². The summed E-state index contributed by atoms with van der Waals surface area (Å²) >= 11 is 0. The topological polar surface area (TPSA) is 119 Å². The van der Waals surface area contributed by atoms with Gasteiger partial charge < -0.3 is 33.9 Å². The number of fused-ring (bicyclic) bond motifs is 1. The maximum Gasteiger partial charge on any atom is 0.235 e. The number of rotatable bonds is 4. The second-order valence-corrected chi connectivity index (χ2v) is 5.33. The normalized spacial score (nSPS) is 10.7. The van der Waals surface area contributed by atoms with Crippen LogP contribution in [0.5, 0.6) is 34.5 Å². The second kappa shape index (κ2) is 6.40. The molecule has 0 bridgehead atoms. The van der Waals surface area contributed by atoms with E-state index < -0.39 is 16.9 Å². The van der Waals surface area contributed by atoms with Crippen molar-refractivity contribution in [3.8, 4) is 45.8 Å². The Morgan fingerprint density at radius 2 is 1.58 bits per heavy atom. The summed E-state index contributed by atoms with van der Waals surface area (Å²) in [7, 11) is 3.98. The van der Waals surface area contributed by atoms with Crippen molar-refractivity contribution in [2.75, 3.05) is 21.3 Å². The Kier molecular flexibility index (Phi) is 4.25. The minimum atomic E-state index is -0.641. The highest BCUT2D eigenvalue weighted by Crippen LogP contribution is 2.44. The van der Waals surface area contributed by atoms with Crippen LogP contribution in [0, 0.1) is 0 Å². The third kappa shape index (κ3) is 2.52. The van der Waals surface area contributed by atoms with Crippen molar-refractivity contribution in [2.24, 2.45) is 0 Å². The van der Waals surface area contributed by atoms with Gasteiger partial charge >= 0.3 is 0 Å². The number of methoxy groups -OCH3 is 3. The fourth-order valence-electron chi connectivity index (χ4n) is 2.62. The van der Waals surface area contributed by atoms with Gasteiger partial charge in [-0.25, -0.2) is 0 Å². The van der Waals surface area contributed by atoms with Crippen LogP contribution < -0.4 is 19.6 Å². The van der Waals surface area contributed by atoms with Crippen LogP contribution >= 0.6 is 0 Å². The predicted octanol–water partition coefficient (Wildman–Crippen LogP) is 2.60. The van der Waals surface area contributed by atoms with Gasteiger partial charge in [-0.1, -0.05) is 0 Å². The first-order valence-electron chi connectivity index (χ1n) is 7.44. The molecule has 0 saturated carbocycles. The zero-order valence-corrected chi connectivity index (χ0v) is 14.2. The van der Waals surface area contributed by atoms with Gasteiger partial charge in [-0.2, -0.15) is 0 Å². The van der Waals surface area contributed by atoms with Crippen molar-refractivity contribution in [2.45, 2.75) is 0 Å². The standard InChI is InChI=1S/C18H16O8/c1-23-11-5-4-8(6-10(11)19)16-18(25-3)13(20)9-7-12(24-2)14(21)15(22)17(9)26-16/h4-7,19,21-22H,1-3H3. The van der Waals surface area contributed by atoms with Crippen LogP contribution in [0.2, 0.25) is 0 Å². The van der Waals surface area contributed by atoms with Crippen LogP contribution in [0.4, 0.5) is 0 Å². The monoisotopic (exact) mass is 360 g/mol. The maximum atomic E-state index is 12.8. The lowest BCUT2D eigenvalue weighted by atomic mass is 10.1. The van der Waals surface area contributed by atoms with E-state index in [2.05, 4.69) is 0 Å². The van der Waals surface area contributed by atoms with Crippen molar-refractivity contribution >= 4 is 11.0 Å². The highest BCUT2D eigenvalue weighted by molar-refractivity contribution is 5.90. The molecule has 3 aromatic rings. The Labute approximate surface area is 147 Å². The number of phenolic OH excluding ortho intramolecular Hbond substituents is 3. The van der Waals surface area contributed by atoms with Crippen LogP contribution in [0.3, 0.4) is 0 Å². The summed E-state index contributed by atoms with van der Waals surface area (Å²) in [5, 5.41) is 30.1. The van der Waals surface area contributed by atoms with Gasteiger partial charge in [0, 0.05) is 5.56 Å². The lowest BCUT2D eigenvalue weighted by Gasteiger charge is -2.13. The summed E-state index contributed by atoms with van der Waals surface area (Å²) < 4.78 is 20.7. The molecule has 1 aromatic heterocycles. The van der Waals surface area contributed by atoms with E-state index in [1.807, 2.05) is 0 Å². The minimum Gasteiger partial charge on any atom is -0.504 e. The minimum absolute atomic E-state index is 0.0252. The molecule has 0 saturated heterocycles. The van der Waals surface area contributed by atoms with Crippen LogP contribution in [-0.4, -0.2) is 36.6 Å². The lowest BCUT2D eigenvalue weighted by Crippen LogP contribution is -2.08. The van der Waals surface area contributed by atoms with Crippen LogP contribution in [0.25, 0.3) is 22.3 Å². The molecule has 0 unspecified atom stereocenters. The van der Waals surface area contributed by atoms with Crippen molar-refractivity contribution in [1.82, 2.24) is 0 Å². The first-order chi connectivity index (χ1) is 12.4. The third-order valence-corrected chi connectivity index (χ3v) is 3.92. The smallest absolute Gasteiger partial charge is 0.235 e. The molecule has 3 N–H and O–H groups in total. The lowest BCUT2D eigenvalue weighted by molar-refractivity contribution is 0.349. The van der Waals surface area contributed by atoms with E-state index in [9.17, 15) is 20.1 Å². The predicted molar refractivity (Wildman–Crippen MR) is 92.6 cm³/mol. The van der Waals surface area contributed by atoms with Gasteiger partial charge in [0.2, 0.25) is 22.7 Å². The van der Waals surface area contributed by atoms with Crippen molar-refractivity contribution < 1.29 is 33.9 Å². The molecule has 0 amide bonds. The first kappa shape index (κ1) is 17.3. The van der Waals surface area contributed by atoms with Crippen LogP contribution in [0.1, 0.15) is 0 Å². The molecule has 1 heterocycles. The molecule has 2 aromatic carbocycles. The molecule has 0 aliphatic heterocycles. The second-order valence-electron chi connectivity index (χ2n) is 5.33. The molecule has 136 valence electrons. The molecule has 0 aliphatic carbocycles. The zero-order valence-electron chi connectivity index (χ0n) is 14.2. The molecule has 0 radical (unpaired) electrons. The summed E-state index contributed by atoms with van der Waals surface area (Å²) in [6.07, 6.45) is 0. The number of hydrogen-bond acceptors (Lipinski definition) is 8. The van der Waals surface area contributed by atoms with E-state index in [0.29, 0.717) is 5.56 Å². The molecular weight excluding hydrogens is 344 g/mol. The molecular formula is C18H16O8. The van der Waals surface area contributed by atoms with Crippen molar-refractivity contribution in [3.05, 3.63) is 34.5 Å². The van der Waals surface area contributed by atoms with Gasteiger partial charge in [0.1, 0.15) is 0 Å². The fourth-order valence-corrected chi connectivity index (χ4v) is 2.62. The summed E-state index contributed by atoms with van der Waals surface area (Å²) in [5.41, 5.74) is -0.499. The molecule has 0 aliphatic rings. The summed E-state index contributed by atoms with van der Waals surface area (Å²) in [4.78, 5) is 12.8. The average Bonchev–Trinajstić information content (AvgIpc) is 2.64. The van der Waals surface area contributed by atoms with Gasteiger partial charge in [-0.3, -0.25) is 4.79 Å². The number of hydrogen-bond donors (Lipinski definition) is 3. The SMILES string of the molecule is COc1ccc(-c2oc3c(O)c(O)c(OC)cc3c(=O)c2OC)cc1O. The largest absolute Gasteiger partial charge is 0.504 e. The molecule has 3 rings (SSSR count). The van der Waals surface area contributed by atoms with Crippen molar-refractivity contribution in [3.63, 3.8) is 0 Å². The molecule has 0 spiro atoms. The number of phenols is 3. The van der Waals surface area contributed by atoms with E-state index >= 15 is 0 Å². The van der Waals surface area contributed by atoms with Crippen LogP contribution in [-0.2, 0) is 0 Å². The highest BCUT2D eigenvalue weighted by Gasteiger charge is 2.23. The van der Waals surface area contributed by atoms with E-state index in [-0.39, 0.29) is 39.7 Å². The van der Waals surface area contributed by atoms with E-state index in [1.54, 1.807) is 6.07 Å². The Morgan fingerprint density at radius 3 is 2.15 bits per heavy atom. The Balaban J connectivity index is 2.38. The molecule has 8 nitrogen and oxygen atoms in total. The Morgan fingerprint density at radius 1 is 0.885 bits per heavy atom. The summed E-state index contributed by atoms with van der Waals surface area (Å²) in [6, 6.07) is 5.60. The Hall–Kier alpha value is -3.55. The first-order valence-corrected chi connectivity index (χ1v) is 7.44. The highest BCUT2D eigenvalue weighted by atomic mass is 16.5. The quantitative estimate of drug-likeness (QED) is 0.608. The third-order valence-electron chi connectivity index (χ3n) is 3.92.